The molecule has 129 heavy (non-hydrogen) atoms. The van der Waals surface area contributed by atoms with E-state index >= 15 is 28.8 Å². The minimum atomic E-state index is -1.80. The van der Waals surface area contributed by atoms with Gasteiger partial charge in [0.2, 0.25) is 88.6 Å². The second kappa shape index (κ2) is 46.5. The maximum Gasteiger partial charge on any atom is 0.248 e. The molecule has 0 bridgehead atoms. The number of aliphatic hydroxyl groups excluding tert-OH is 2. The van der Waals surface area contributed by atoms with Gasteiger partial charge in [-0.15, -0.1) is 16.9 Å². The van der Waals surface area contributed by atoms with E-state index in [-0.39, 0.29) is 101 Å². The maximum atomic E-state index is 15.6. The van der Waals surface area contributed by atoms with Gasteiger partial charge in [0.1, 0.15) is 72.2 Å². The predicted octanol–water partition coefficient (Wildman–Crippen LogP) is -2.73. The Labute approximate surface area is 747 Å². The molecule has 3 aromatic carbocycles. The van der Waals surface area contributed by atoms with Crippen LogP contribution in [-0.2, 0) is 101 Å². The Kier molecular flexibility index (Phi) is 35.6. The number of phenols is 1. The number of aromatic nitrogens is 6. The lowest BCUT2D eigenvalue weighted by Gasteiger charge is -2.37. The summed E-state index contributed by atoms with van der Waals surface area (Å²) >= 11 is 0.792. The van der Waals surface area contributed by atoms with Crippen LogP contribution in [0.5, 0.6) is 5.75 Å². The average molecular weight is 1810 g/mol. The minimum Gasteiger partial charge on any atom is -0.508 e. The average Bonchev–Trinajstić information content (AvgIpc) is 1.66. The van der Waals surface area contributed by atoms with Crippen LogP contribution in [0, 0.1) is 17.8 Å². The van der Waals surface area contributed by atoms with E-state index in [9.17, 15) is 63.3 Å². The van der Waals surface area contributed by atoms with E-state index in [4.69, 9.17) is 21.9 Å². The molecule has 15 amide bonds. The SMILES string of the molecule is CCCC[C@H]1C(=O)N[C@@H](C)C(=O)NC(C(=O)NCC(N)=O)CSCC(=O)N[C@@H](Cc2ccc(O)cc2)C(=O)N2CCOC[C@H]2C(=O)N[C@@H](CC(N)=O)C(=O)N2CCC[C@H]2C(=O)N[C@@H](CN)C(=O)N[C@@H](CC(C)C)C(=O)C2C[C@H](O)C[C@H]2C(=O)N[C@@H](Cc2c[nH]c3ccccc23)C(=O)N[C@@H](CO)C(=O)N[C@@H](Cc2c[nH]c3ccccc23)c2nnnn2[C@@H](CCCC)C(=O)N1C. The number of fused-ring (bicyclic) bond motifs is 6. The van der Waals surface area contributed by atoms with Crippen molar-refractivity contribution in [3.05, 3.63) is 108 Å². The standard InChI is InChI=1S/C86H118N22O20S/c1-7-9-20-66-81(122)93-46(5)75(116)101-65(77(118)92-40-71(89)113)43-129-44-72(114)94-61(31-47-23-25-50(110)26-24-47)84(125)107-28-29-128-42-69(107)83(124)98-62(36-70(88)112)85(126)106-27-15-22-67(106)82(123)99-63(37-87)79(120)95-58(30-45(3)4)73(115)54-34-51(111)35-55(54)76(117)97-60(33-49-39-91-57-19-14-12-17-53(49)57)78(119)100-64(41-109)80(121)96-59(32-48-38-90-56-18-13-11-16-52(48)56)74-102-103-104-108(74)68(21-10-8-2)86(127)105(66)6/h11-14,16-19,23-26,38-39,45-46,51,54-55,58-69,90-91,109-111H,7-10,15,20-22,27-37,40-44,87H2,1-6H3,(H2,88,112)(H2,89,113)(H,92,118)(H,93,122)(H,94,114)(H,95,120)(H,96,121)(H,97,117)(H,98,124)(H,99,123)(H,100,119)(H,101,116)/t46-,51-,54?,55+,58-,59-,60-,61-,62-,63-,64-,65?,66-,67-,68-,69-/m0/s1. The van der Waals surface area contributed by atoms with Gasteiger partial charge in [0.05, 0.1) is 62.6 Å². The van der Waals surface area contributed by atoms with E-state index in [1.54, 1.807) is 56.6 Å². The molecule has 698 valence electrons. The molecule has 43 heteroatoms. The van der Waals surface area contributed by atoms with Crippen LogP contribution < -0.4 is 70.4 Å². The summed E-state index contributed by atoms with van der Waals surface area (Å²) in [5.74, 6) is -18.6. The number of unbranched alkanes of at least 4 members (excludes halogenated alkanes) is 2. The zero-order valence-electron chi connectivity index (χ0n) is 72.9. The van der Waals surface area contributed by atoms with Crippen molar-refractivity contribution in [1.82, 2.24) is 98.0 Å². The molecular formula is C86H118N22O20S. The van der Waals surface area contributed by atoms with Gasteiger partial charge in [-0.2, -0.15) is 0 Å². The molecule has 3 aliphatic heterocycles. The Morgan fingerprint density at radius 2 is 1.19 bits per heavy atom. The number of ether oxygens (including phenoxy) is 1. The second-order valence-corrected chi connectivity index (χ2v) is 34.5. The number of nitrogens with two attached hydrogens (primary N) is 3. The number of likely N-dealkylation sites (N-methyl/N-ethyl adjacent to an activating group) is 1. The summed E-state index contributed by atoms with van der Waals surface area (Å²) in [5, 5.41) is 73.6. The van der Waals surface area contributed by atoms with Crippen LogP contribution in [0.1, 0.15) is 146 Å². The van der Waals surface area contributed by atoms with E-state index in [0.29, 0.717) is 64.2 Å². The summed E-state index contributed by atoms with van der Waals surface area (Å²) in [6, 6.07) is 0.500. The monoisotopic (exact) mass is 1810 g/mol. The van der Waals surface area contributed by atoms with Gasteiger partial charge in [0.25, 0.3) is 0 Å². The fourth-order valence-corrected chi connectivity index (χ4v) is 17.6. The topological polar surface area (TPSA) is 626 Å². The number of thioether (sulfide) groups is 1. The van der Waals surface area contributed by atoms with Gasteiger partial charge >= 0.3 is 0 Å². The van der Waals surface area contributed by atoms with Crippen molar-refractivity contribution in [2.45, 2.75) is 216 Å². The summed E-state index contributed by atoms with van der Waals surface area (Å²) in [6.45, 7) is 5.28. The number of nitrogens with one attached hydrogen (secondary N) is 12. The van der Waals surface area contributed by atoms with E-state index in [2.05, 4.69) is 78.7 Å². The second-order valence-electron chi connectivity index (χ2n) is 33.5. The van der Waals surface area contributed by atoms with Crippen molar-refractivity contribution in [2.24, 2.45) is 35.0 Å². The van der Waals surface area contributed by atoms with Crippen LogP contribution in [0.25, 0.3) is 21.8 Å². The highest BCUT2D eigenvalue weighted by Gasteiger charge is 2.48. The molecule has 21 N–H and O–H groups in total. The number of amides is 15. The van der Waals surface area contributed by atoms with Gasteiger partial charge < -0.3 is 115 Å². The molecule has 4 aliphatic rings. The van der Waals surface area contributed by atoms with Crippen molar-refractivity contribution in [3.8, 4) is 5.75 Å². The van der Waals surface area contributed by atoms with Gasteiger partial charge in [-0.25, -0.2) is 4.68 Å². The van der Waals surface area contributed by atoms with Crippen molar-refractivity contribution in [2.75, 3.05) is 64.6 Å². The molecule has 0 radical (unpaired) electrons. The Morgan fingerprint density at radius 1 is 0.612 bits per heavy atom. The highest BCUT2D eigenvalue weighted by atomic mass is 32.2. The Bertz CT molecular complexity index is 5020. The molecule has 6 heterocycles. The number of carbonyl (C=O) groups excluding carboxylic acids is 16. The zero-order valence-corrected chi connectivity index (χ0v) is 73.7. The van der Waals surface area contributed by atoms with E-state index in [1.807, 2.05) is 32.0 Å². The largest absolute Gasteiger partial charge is 0.508 e. The molecule has 42 nitrogen and oxygen atoms in total. The summed E-state index contributed by atoms with van der Waals surface area (Å²) < 4.78 is 6.94. The van der Waals surface area contributed by atoms with Crippen LogP contribution >= 0.6 is 11.8 Å². The first-order valence-corrected chi connectivity index (χ1v) is 44.6. The number of hydrogen-bond acceptors (Lipinski definition) is 25. The molecule has 6 aromatic rings. The van der Waals surface area contributed by atoms with Crippen molar-refractivity contribution in [3.63, 3.8) is 0 Å². The number of tetrazole rings is 1. The molecule has 2 unspecified atom stereocenters. The number of Topliss-reactive ketones (excluding diaryl/α,β-unsaturated/α-hetero) is 1. The third-order valence-corrected chi connectivity index (χ3v) is 24.6. The molecular weight excluding hydrogens is 1690 g/mol. The van der Waals surface area contributed by atoms with Crippen LogP contribution in [0.15, 0.2) is 85.2 Å². The van der Waals surface area contributed by atoms with Crippen molar-refractivity contribution in [1.29, 1.82) is 0 Å². The van der Waals surface area contributed by atoms with Crippen molar-refractivity contribution >= 4 is 128 Å². The Morgan fingerprint density at radius 3 is 1.82 bits per heavy atom. The van der Waals surface area contributed by atoms with Gasteiger partial charge in [-0.1, -0.05) is 102 Å². The number of carbonyl (C=O) groups is 16. The lowest BCUT2D eigenvalue weighted by molar-refractivity contribution is -0.152. The number of ketones is 1. The third-order valence-electron chi connectivity index (χ3n) is 23.6. The molecule has 3 aromatic heterocycles. The fraction of sp³-hybridized carbons (Fsp3) is 0.547. The zero-order chi connectivity index (χ0) is 93.4. The predicted molar refractivity (Wildman–Crippen MR) is 468 cm³/mol. The van der Waals surface area contributed by atoms with E-state index in [0.717, 1.165) is 21.6 Å². The lowest BCUT2D eigenvalue weighted by Crippen LogP contribution is -2.63. The smallest absolute Gasteiger partial charge is 0.248 e. The maximum absolute atomic E-state index is 15.6. The van der Waals surface area contributed by atoms with Crippen LogP contribution in [0.2, 0.25) is 0 Å². The fourth-order valence-electron chi connectivity index (χ4n) is 16.7. The quantitative estimate of drug-likeness (QED) is 0.0348. The number of aliphatic hydroxyl groups is 2. The highest BCUT2D eigenvalue weighted by molar-refractivity contribution is 8.00. The Hall–Kier alpha value is -12.5. The molecule has 10 rings (SSSR count). The first-order valence-electron chi connectivity index (χ1n) is 43.5. The number of rotatable bonds is 21. The number of para-hydroxylation sites is 2. The van der Waals surface area contributed by atoms with E-state index in [1.165, 1.54) is 47.8 Å². The van der Waals surface area contributed by atoms with Crippen LogP contribution in [-0.4, -0.2) is 292 Å². The van der Waals surface area contributed by atoms with Gasteiger partial charge in [-0.05, 0) is 109 Å². The molecule has 3 fully saturated rings. The summed E-state index contributed by atoms with van der Waals surface area (Å²) in [6.07, 6.45) is 2.14. The highest BCUT2D eigenvalue weighted by Crippen LogP contribution is 2.36. The normalized spacial score (nSPS) is 26.3. The van der Waals surface area contributed by atoms with Crippen LogP contribution in [0.3, 0.4) is 0 Å². The first-order chi connectivity index (χ1) is 61.7. The van der Waals surface area contributed by atoms with Crippen molar-refractivity contribution < 1.29 is 96.8 Å². The molecule has 16 atom stereocenters. The molecule has 0 spiro atoms. The lowest BCUT2D eigenvalue weighted by atomic mass is 9.84. The van der Waals surface area contributed by atoms with E-state index < -0.39 is 235 Å². The summed E-state index contributed by atoms with van der Waals surface area (Å²) in [7, 11) is 1.39. The molecule has 1 aliphatic carbocycles. The number of hydrogen-bond donors (Lipinski definition) is 18. The summed E-state index contributed by atoms with van der Waals surface area (Å²) in [5.41, 5.74) is 20.2. The first kappa shape index (κ1) is 98.7. The Balaban J connectivity index is 1.000. The molecule has 2 saturated heterocycles. The van der Waals surface area contributed by atoms with Gasteiger partial charge in [0, 0.05) is 91.8 Å². The number of H-pyrrole nitrogens is 2. The number of aromatic hydroxyl groups is 1. The third kappa shape index (κ3) is 25.9. The minimum absolute atomic E-state index is 0.00799. The summed E-state index contributed by atoms with van der Waals surface area (Å²) in [4.78, 5) is 242. The van der Waals surface area contributed by atoms with Gasteiger partial charge in [0.15, 0.2) is 11.6 Å². The van der Waals surface area contributed by atoms with Crippen LogP contribution in [0.4, 0.5) is 0 Å². The number of morpholine rings is 1. The van der Waals surface area contributed by atoms with Gasteiger partial charge in [-0.3, -0.25) is 76.7 Å². The number of aromatic amines is 2. The molecule has 1 saturated carbocycles. The number of primary amides is 2. The number of phenolic OH excluding ortho intramolecular Hbond substituents is 1. The number of nitrogens with zero attached hydrogens (tertiary/aromatic N) is 7. The number of benzene rings is 3.